The van der Waals surface area contributed by atoms with Crippen molar-refractivity contribution in [2.45, 2.75) is 174 Å². The molecule has 0 aliphatic heterocycles. The van der Waals surface area contributed by atoms with Crippen LogP contribution in [0.25, 0.3) is 0 Å². The van der Waals surface area contributed by atoms with Crippen molar-refractivity contribution in [1.29, 1.82) is 0 Å². The van der Waals surface area contributed by atoms with Crippen LogP contribution in [0.15, 0.2) is 24.3 Å². The summed E-state index contributed by atoms with van der Waals surface area (Å²) in [6.45, 7) is 3.82. The number of hydrogen-bond acceptors (Lipinski definition) is 11. The van der Waals surface area contributed by atoms with Crippen LogP contribution in [0.1, 0.15) is 162 Å². The molecule has 0 aliphatic carbocycles. The Balaban J connectivity index is 4.62. The molecule has 0 fully saturated rings. The van der Waals surface area contributed by atoms with Crippen LogP contribution in [-0.4, -0.2) is 76.1 Å². The quantitative estimate of drug-likeness (QED) is 0.0150. The third-order valence-corrected chi connectivity index (χ3v) is 9.92. The van der Waals surface area contributed by atoms with Crippen molar-refractivity contribution in [2.24, 2.45) is 5.92 Å². The molecular weight excluding hydrogens is 754 g/mol. The smallest absolute Gasteiger partial charge is 0.462 e. The van der Waals surface area contributed by atoms with E-state index in [9.17, 15) is 33.5 Å². The lowest BCUT2D eigenvalue weighted by atomic mass is 10.0. The molecule has 0 spiro atoms. The maximum Gasteiger partial charge on any atom is 0.472 e. The number of unbranched alkanes of at least 4 members (excludes halogenated alkanes) is 15. The Morgan fingerprint density at radius 1 is 0.618 bits per heavy atom. The van der Waals surface area contributed by atoms with Gasteiger partial charge in [-0.15, -0.1) is 0 Å². The first kappa shape index (κ1) is 53.3. The molecule has 0 amide bonds. The van der Waals surface area contributed by atoms with Gasteiger partial charge in [-0.05, 0) is 44.1 Å². The summed E-state index contributed by atoms with van der Waals surface area (Å²) in [6.07, 6.45) is 24.6. The van der Waals surface area contributed by atoms with Gasteiger partial charge in [0.15, 0.2) is 11.9 Å². The highest BCUT2D eigenvalue weighted by atomic mass is 31.2. The van der Waals surface area contributed by atoms with Crippen LogP contribution in [0, 0.1) is 5.92 Å². The Kier molecular flexibility index (Phi) is 33.2. The van der Waals surface area contributed by atoms with E-state index in [1.807, 2.05) is 12.2 Å². The number of phosphoric ester groups is 2. The Bertz CT molecular complexity index is 1150. The van der Waals surface area contributed by atoms with Gasteiger partial charge in [0, 0.05) is 19.3 Å². The molecule has 14 nitrogen and oxygen atoms in total. The van der Waals surface area contributed by atoms with E-state index < -0.39 is 66.2 Å². The summed E-state index contributed by atoms with van der Waals surface area (Å²) < 4.78 is 47.6. The van der Waals surface area contributed by atoms with Crippen LogP contribution in [0.5, 0.6) is 0 Å². The van der Waals surface area contributed by atoms with Gasteiger partial charge in [0.2, 0.25) is 0 Å². The van der Waals surface area contributed by atoms with Crippen LogP contribution < -0.4 is 0 Å². The van der Waals surface area contributed by atoms with E-state index >= 15 is 0 Å². The predicted octanol–water partition coefficient (Wildman–Crippen LogP) is 8.98. The van der Waals surface area contributed by atoms with E-state index in [1.165, 1.54) is 38.5 Å². The zero-order valence-electron chi connectivity index (χ0n) is 33.7. The van der Waals surface area contributed by atoms with Crippen molar-refractivity contribution >= 4 is 33.4 Å². The molecule has 322 valence electrons. The van der Waals surface area contributed by atoms with Crippen LogP contribution in [0.4, 0.5) is 0 Å². The third-order valence-electron chi connectivity index (χ3n) is 8.49. The number of esters is 2. The average Bonchev–Trinajstić information content (AvgIpc) is 3.12. The molecule has 16 heteroatoms. The number of allylic oxidation sites excluding steroid dienone is 4. The van der Waals surface area contributed by atoms with Crippen LogP contribution in [0.3, 0.4) is 0 Å². The van der Waals surface area contributed by atoms with Crippen molar-refractivity contribution in [3.8, 4) is 0 Å². The summed E-state index contributed by atoms with van der Waals surface area (Å²) in [5.41, 5.74) is 0. The minimum atomic E-state index is -4.87. The van der Waals surface area contributed by atoms with Gasteiger partial charge in [-0.25, -0.2) is 9.13 Å². The molecule has 1 unspecified atom stereocenters. The second-order valence-corrected chi connectivity index (χ2v) is 17.1. The zero-order valence-corrected chi connectivity index (χ0v) is 35.5. The largest absolute Gasteiger partial charge is 0.472 e. The molecule has 0 rings (SSSR count). The lowest BCUT2D eigenvalue weighted by Gasteiger charge is -2.20. The van der Waals surface area contributed by atoms with Crippen LogP contribution in [-0.2, 0) is 46.6 Å². The fourth-order valence-corrected chi connectivity index (χ4v) is 6.49. The van der Waals surface area contributed by atoms with Gasteiger partial charge in [0.05, 0.1) is 19.8 Å². The van der Waals surface area contributed by atoms with Crippen molar-refractivity contribution in [2.75, 3.05) is 26.4 Å². The summed E-state index contributed by atoms with van der Waals surface area (Å²) in [6, 6.07) is 0. The number of aliphatic hydroxyl groups excluding tert-OH is 1. The highest BCUT2D eigenvalue weighted by molar-refractivity contribution is 7.47. The molecule has 0 aromatic carbocycles. The number of aliphatic hydroxyl groups is 1. The predicted molar refractivity (Wildman–Crippen MR) is 212 cm³/mol. The van der Waals surface area contributed by atoms with Gasteiger partial charge < -0.3 is 29.3 Å². The summed E-state index contributed by atoms with van der Waals surface area (Å²) in [5.74, 6) is -0.193. The summed E-state index contributed by atoms with van der Waals surface area (Å²) >= 11 is 0. The topological polar surface area (TPSA) is 212 Å². The van der Waals surface area contributed by atoms with Gasteiger partial charge in [0.1, 0.15) is 12.7 Å². The molecule has 0 radical (unpaired) electrons. The standard InChI is InChI=1S/C39H72O14P2/c1-4-5-20-26-35(40)27-22-17-13-9-7-11-15-19-24-29-39(43)53-37(33-52-55(47,48)51-31-36(41)30-50-54(44,45)46)32-49-38(42)28-23-18-14-10-6-8-12-16-21-25-34(2)3/h13,17,22,27,34,36-37,41H,4-12,14-16,18-21,23-26,28-33H2,1-3H3,(H,47,48)(H2,44,45,46)/b17-13-,27-22+/t36-,37+/m0/s1. The van der Waals surface area contributed by atoms with Gasteiger partial charge in [-0.3, -0.25) is 28.0 Å². The Labute approximate surface area is 330 Å². The zero-order chi connectivity index (χ0) is 41.2. The van der Waals surface area contributed by atoms with Crippen molar-refractivity contribution in [1.82, 2.24) is 0 Å². The maximum absolute atomic E-state index is 12.6. The minimum Gasteiger partial charge on any atom is -0.462 e. The van der Waals surface area contributed by atoms with Crippen molar-refractivity contribution in [3.05, 3.63) is 24.3 Å². The summed E-state index contributed by atoms with van der Waals surface area (Å²) in [7, 11) is -9.69. The number of carbonyl (C=O) groups excluding carboxylic acids is 3. The first-order valence-electron chi connectivity index (χ1n) is 20.3. The van der Waals surface area contributed by atoms with Gasteiger partial charge in [0.25, 0.3) is 0 Å². The van der Waals surface area contributed by atoms with E-state index in [4.69, 9.17) is 23.8 Å². The highest BCUT2D eigenvalue weighted by Gasteiger charge is 2.28. The molecule has 0 bridgehead atoms. The molecule has 0 aromatic heterocycles. The molecule has 0 saturated heterocycles. The van der Waals surface area contributed by atoms with E-state index in [2.05, 4.69) is 29.8 Å². The first-order chi connectivity index (χ1) is 26.1. The van der Waals surface area contributed by atoms with Crippen molar-refractivity contribution < 1.29 is 66.3 Å². The molecule has 0 saturated carbocycles. The maximum atomic E-state index is 12.6. The molecule has 0 aliphatic rings. The van der Waals surface area contributed by atoms with E-state index in [1.54, 1.807) is 12.2 Å². The molecule has 4 N–H and O–H groups in total. The van der Waals surface area contributed by atoms with Crippen LogP contribution in [0.2, 0.25) is 0 Å². The fourth-order valence-electron chi connectivity index (χ4n) is 5.34. The third kappa shape index (κ3) is 38.9. The second kappa shape index (κ2) is 34.3. The van der Waals surface area contributed by atoms with Gasteiger partial charge >= 0.3 is 27.6 Å². The normalized spacial score (nSPS) is 14.4. The van der Waals surface area contributed by atoms with E-state index in [-0.39, 0.29) is 18.6 Å². The Hall–Kier alpha value is -1.73. The fraction of sp³-hybridized carbons (Fsp3) is 0.821. The number of ether oxygens (including phenoxy) is 2. The summed E-state index contributed by atoms with van der Waals surface area (Å²) in [4.78, 5) is 64.3. The lowest BCUT2D eigenvalue weighted by molar-refractivity contribution is -0.161. The van der Waals surface area contributed by atoms with E-state index in [0.717, 1.165) is 76.5 Å². The molecule has 0 aromatic rings. The summed E-state index contributed by atoms with van der Waals surface area (Å²) in [5, 5.41) is 9.72. The van der Waals surface area contributed by atoms with Crippen molar-refractivity contribution in [3.63, 3.8) is 0 Å². The number of rotatable bonds is 38. The van der Waals surface area contributed by atoms with Crippen LogP contribution >= 0.6 is 15.6 Å². The number of ketones is 1. The number of carbonyl (C=O) groups is 3. The van der Waals surface area contributed by atoms with Gasteiger partial charge in [-0.1, -0.05) is 129 Å². The second-order valence-electron chi connectivity index (χ2n) is 14.4. The monoisotopic (exact) mass is 826 g/mol. The molecule has 3 atom stereocenters. The molecular formula is C39H72O14P2. The first-order valence-corrected chi connectivity index (χ1v) is 23.4. The average molecular weight is 827 g/mol. The highest BCUT2D eigenvalue weighted by Crippen LogP contribution is 2.43. The molecule has 55 heavy (non-hydrogen) atoms. The van der Waals surface area contributed by atoms with E-state index in [0.29, 0.717) is 19.3 Å². The van der Waals surface area contributed by atoms with Gasteiger partial charge in [-0.2, -0.15) is 0 Å². The minimum absolute atomic E-state index is 0.0818. The number of phosphoric acid groups is 2. The Morgan fingerprint density at radius 3 is 1.75 bits per heavy atom. The SMILES string of the molecule is CCCCCC(=O)/C=C/C=C\CCCCCCCC(=O)O[C@H](COC(=O)CCCCCCCCCCCC(C)C)COP(=O)(O)OC[C@@H](O)COP(=O)(O)O. The Morgan fingerprint density at radius 2 is 1.15 bits per heavy atom. The number of hydrogen-bond donors (Lipinski definition) is 4. The lowest BCUT2D eigenvalue weighted by Crippen LogP contribution is -2.30. The molecule has 0 heterocycles.